The Hall–Kier alpha value is -1.60. The maximum absolute atomic E-state index is 8.80. The van der Waals surface area contributed by atoms with Crippen molar-refractivity contribution < 1.29 is 4.74 Å². The molecule has 0 radical (unpaired) electrons. The Balaban J connectivity index is 2.93. The van der Waals surface area contributed by atoms with Crippen LogP contribution in [0.2, 0.25) is 0 Å². The Morgan fingerprint density at radius 3 is 3.08 bits per heavy atom. The van der Waals surface area contributed by atoms with Gasteiger partial charge < -0.3 is 10.5 Å². The fraction of sp³-hybridized carbons (Fsp3) is 0.333. The maximum Gasteiger partial charge on any atom is 0.231 e. The average Bonchev–Trinajstić information content (AvgIpc) is 2.15. The van der Waals surface area contributed by atoms with E-state index in [1.807, 2.05) is 13.0 Å². The van der Waals surface area contributed by atoms with Gasteiger partial charge in [-0.15, -0.1) is 0 Å². The van der Waals surface area contributed by atoms with E-state index in [0.717, 1.165) is 5.56 Å². The van der Waals surface area contributed by atoms with Crippen molar-refractivity contribution in [3.63, 3.8) is 0 Å². The summed E-state index contributed by atoms with van der Waals surface area (Å²) in [7, 11) is 0. The Morgan fingerprint density at radius 1 is 1.69 bits per heavy atom. The van der Waals surface area contributed by atoms with Crippen molar-refractivity contribution in [1.29, 1.82) is 5.26 Å². The first-order valence-corrected chi connectivity index (χ1v) is 3.98. The van der Waals surface area contributed by atoms with Crippen LogP contribution in [-0.4, -0.2) is 18.1 Å². The lowest BCUT2D eigenvalue weighted by Gasteiger charge is -2.05. The molecule has 1 heterocycles. The van der Waals surface area contributed by atoms with Crippen LogP contribution in [0.25, 0.3) is 0 Å². The molecule has 4 heteroatoms. The van der Waals surface area contributed by atoms with Crippen LogP contribution in [-0.2, 0) is 0 Å². The highest BCUT2D eigenvalue weighted by Crippen LogP contribution is 2.16. The SMILES string of the molecule is Cc1ccnc(OCCN)c1C#N. The zero-order valence-corrected chi connectivity index (χ0v) is 7.45. The molecule has 0 aromatic carbocycles. The summed E-state index contributed by atoms with van der Waals surface area (Å²) in [5, 5.41) is 8.80. The van der Waals surface area contributed by atoms with E-state index in [0.29, 0.717) is 24.6 Å². The lowest BCUT2D eigenvalue weighted by atomic mass is 10.2. The average molecular weight is 177 g/mol. The van der Waals surface area contributed by atoms with Crippen molar-refractivity contribution in [3.8, 4) is 11.9 Å². The summed E-state index contributed by atoms with van der Waals surface area (Å²) >= 11 is 0. The second kappa shape index (κ2) is 4.43. The van der Waals surface area contributed by atoms with Crippen molar-refractivity contribution in [2.45, 2.75) is 6.92 Å². The lowest BCUT2D eigenvalue weighted by Crippen LogP contribution is -2.12. The molecule has 1 aromatic heterocycles. The minimum atomic E-state index is 0.368. The van der Waals surface area contributed by atoms with E-state index in [2.05, 4.69) is 4.98 Å². The molecule has 0 amide bonds. The summed E-state index contributed by atoms with van der Waals surface area (Å²) < 4.78 is 5.20. The first-order chi connectivity index (χ1) is 6.29. The van der Waals surface area contributed by atoms with Gasteiger partial charge in [-0.25, -0.2) is 4.98 Å². The normalized spacial score (nSPS) is 9.31. The smallest absolute Gasteiger partial charge is 0.231 e. The fourth-order valence-electron chi connectivity index (χ4n) is 0.934. The molecular formula is C9H11N3O. The van der Waals surface area contributed by atoms with Gasteiger partial charge in [-0.1, -0.05) is 0 Å². The van der Waals surface area contributed by atoms with Crippen LogP contribution >= 0.6 is 0 Å². The van der Waals surface area contributed by atoms with Crippen LogP contribution in [0.15, 0.2) is 12.3 Å². The number of hydrogen-bond acceptors (Lipinski definition) is 4. The minimum absolute atomic E-state index is 0.368. The van der Waals surface area contributed by atoms with Crippen LogP contribution in [0, 0.1) is 18.3 Å². The van der Waals surface area contributed by atoms with Gasteiger partial charge in [0, 0.05) is 12.7 Å². The molecule has 4 nitrogen and oxygen atoms in total. The molecule has 1 aromatic rings. The van der Waals surface area contributed by atoms with E-state index in [4.69, 9.17) is 15.7 Å². The summed E-state index contributed by atoms with van der Waals surface area (Å²) in [6.45, 7) is 2.64. The Morgan fingerprint density at radius 2 is 2.46 bits per heavy atom. The van der Waals surface area contributed by atoms with Crippen LogP contribution in [0.1, 0.15) is 11.1 Å². The van der Waals surface area contributed by atoms with E-state index >= 15 is 0 Å². The van der Waals surface area contributed by atoms with Crippen LogP contribution in [0.3, 0.4) is 0 Å². The maximum atomic E-state index is 8.80. The number of pyridine rings is 1. The zero-order chi connectivity index (χ0) is 9.68. The molecule has 0 aliphatic heterocycles. The summed E-state index contributed by atoms with van der Waals surface area (Å²) in [5.74, 6) is 0.368. The molecule has 0 saturated heterocycles. The first kappa shape index (κ1) is 9.49. The number of hydrogen-bond donors (Lipinski definition) is 1. The topological polar surface area (TPSA) is 71.9 Å². The number of nitriles is 1. The van der Waals surface area contributed by atoms with Gasteiger partial charge in [0.25, 0.3) is 0 Å². The van der Waals surface area contributed by atoms with E-state index < -0.39 is 0 Å². The van der Waals surface area contributed by atoms with Crippen molar-refractivity contribution in [2.24, 2.45) is 5.73 Å². The fourth-order valence-corrected chi connectivity index (χ4v) is 0.934. The molecule has 68 valence electrons. The Bertz CT molecular complexity index is 330. The Kier molecular flexibility index (Phi) is 3.23. The second-order valence-electron chi connectivity index (χ2n) is 2.56. The van der Waals surface area contributed by atoms with Gasteiger partial charge in [0.05, 0.1) is 0 Å². The number of rotatable bonds is 3. The van der Waals surface area contributed by atoms with Crippen LogP contribution in [0.4, 0.5) is 0 Å². The predicted octanol–water partition coefficient (Wildman–Crippen LogP) is 0.599. The third-order valence-corrected chi connectivity index (χ3v) is 1.59. The highest BCUT2D eigenvalue weighted by molar-refractivity contribution is 5.43. The van der Waals surface area contributed by atoms with E-state index in [9.17, 15) is 0 Å². The van der Waals surface area contributed by atoms with Gasteiger partial charge >= 0.3 is 0 Å². The van der Waals surface area contributed by atoms with Gasteiger partial charge in [0.15, 0.2) is 0 Å². The predicted molar refractivity (Wildman–Crippen MR) is 48.2 cm³/mol. The van der Waals surface area contributed by atoms with Crippen molar-refractivity contribution in [1.82, 2.24) is 4.98 Å². The molecule has 0 unspecified atom stereocenters. The number of nitrogens with two attached hydrogens (primary N) is 1. The molecule has 0 atom stereocenters. The minimum Gasteiger partial charge on any atom is -0.475 e. The molecule has 0 saturated carbocycles. The zero-order valence-electron chi connectivity index (χ0n) is 7.45. The third kappa shape index (κ3) is 2.17. The molecule has 0 bridgehead atoms. The summed E-state index contributed by atoms with van der Waals surface area (Å²) in [6, 6.07) is 3.82. The summed E-state index contributed by atoms with van der Waals surface area (Å²) in [4.78, 5) is 3.95. The molecule has 1 rings (SSSR count). The monoisotopic (exact) mass is 177 g/mol. The first-order valence-electron chi connectivity index (χ1n) is 3.98. The lowest BCUT2D eigenvalue weighted by molar-refractivity contribution is 0.314. The highest BCUT2D eigenvalue weighted by atomic mass is 16.5. The summed E-state index contributed by atoms with van der Waals surface area (Å²) in [6.07, 6.45) is 1.61. The molecule has 13 heavy (non-hydrogen) atoms. The molecule has 0 aliphatic carbocycles. The molecule has 0 aliphatic rings. The van der Waals surface area contributed by atoms with Gasteiger partial charge in [-0.3, -0.25) is 0 Å². The highest BCUT2D eigenvalue weighted by Gasteiger charge is 2.06. The quantitative estimate of drug-likeness (QED) is 0.733. The molecule has 2 N–H and O–H groups in total. The van der Waals surface area contributed by atoms with Gasteiger partial charge in [-0.2, -0.15) is 5.26 Å². The number of aryl methyl sites for hydroxylation is 1. The Labute approximate surface area is 77.0 Å². The van der Waals surface area contributed by atoms with Gasteiger partial charge in [0.2, 0.25) is 5.88 Å². The third-order valence-electron chi connectivity index (χ3n) is 1.59. The molecule has 0 spiro atoms. The van der Waals surface area contributed by atoms with E-state index in [-0.39, 0.29) is 0 Å². The van der Waals surface area contributed by atoms with E-state index in [1.54, 1.807) is 12.3 Å². The van der Waals surface area contributed by atoms with Crippen LogP contribution in [0.5, 0.6) is 5.88 Å². The standard InChI is InChI=1S/C9H11N3O/c1-7-2-4-12-9(8(7)6-11)13-5-3-10/h2,4H,3,5,10H2,1H3. The summed E-state index contributed by atoms with van der Waals surface area (Å²) in [5.41, 5.74) is 6.62. The molecular weight excluding hydrogens is 166 g/mol. The van der Waals surface area contributed by atoms with Crippen molar-refractivity contribution >= 4 is 0 Å². The van der Waals surface area contributed by atoms with Gasteiger partial charge in [-0.05, 0) is 18.6 Å². The van der Waals surface area contributed by atoms with Gasteiger partial charge in [0.1, 0.15) is 18.2 Å². The number of ether oxygens (including phenoxy) is 1. The van der Waals surface area contributed by atoms with E-state index in [1.165, 1.54) is 0 Å². The largest absolute Gasteiger partial charge is 0.475 e. The second-order valence-corrected chi connectivity index (χ2v) is 2.56. The van der Waals surface area contributed by atoms with Crippen molar-refractivity contribution in [2.75, 3.05) is 13.2 Å². The number of nitrogens with zero attached hydrogens (tertiary/aromatic N) is 2. The van der Waals surface area contributed by atoms with Crippen LogP contribution < -0.4 is 10.5 Å². The van der Waals surface area contributed by atoms with Crippen molar-refractivity contribution in [3.05, 3.63) is 23.4 Å². The molecule has 0 fully saturated rings. The number of aromatic nitrogens is 1.